The number of esters is 1. The first kappa shape index (κ1) is 53.9. The number of hydrogen-bond donors (Lipinski definition) is 4. The molecule has 1 aliphatic heterocycles. The number of carbonyl (C=O) groups is 1. The van der Waals surface area contributed by atoms with Crippen LogP contribution in [0.2, 0.25) is 0 Å². The molecule has 336 valence electrons. The van der Waals surface area contributed by atoms with Crippen LogP contribution in [-0.2, 0) is 23.7 Å². The quantitative estimate of drug-likeness (QED) is 0.0272. The van der Waals surface area contributed by atoms with E-state index in [9.17, 15) is 25.2 Å². The summed E-state index contributed by atoms with van der Waals surface area (Å²) in [5.74, 6) is -0.355. The highest BCUT2D eigenvalue weighted by Crippen LogP contribution is 2.22. The van der Waals surface area contributed by atoms with Crippen LogP contribution in [-0.4, -0.2) is 89.6 Å². The third-order valence-electron chi connectivity index (χ3n) is 10.4. The van der Waals surface area contributed by atoms with Crippen LogP contribution >= 0.6 is 0 Å². The van der Waals surface area contributed by atoms with E-state index in [1.54, 1.807) is 0 Å². The van der Waals surface area contributed by atoms with Gasteiger partial charge in [-0.1, -0.05) is 158 Å². The molecule has 0 aliphatic carbocycles. The summed E-state index contributed by atoms with van der Waals surface area (Å²) in [6.07, 6.45) is 44.0. The van der Waals surface area contributed by atoms with Gasteiger partial charge in [0, 0.05) is 13.0 Å². The van der Waals surface area contributed by atoms with Crippen molar-refractivity contribution in [3.05, 3.63) is 60.8 Å². The van der Waals surface area contributed by atoms with E-state index in [2.05, 4.69) is 74.6 Å². The van der Waals surface area contributed by atoms with Gasteiger partial charge in [-0.05, 0) is 77.0 Å². The van der Waals surface area contributed by atoms with E-state index in [1.165, 1.54) is 103 Å². The molecular formula is C49H86O9. The van der Waals surface area contributed by atoms with Crippen molar-refractivity contribution >= 4 is 5.97 Å². The van der Waals surface area contributed by atoms with Crippen LogP contribution in [0.15, 0.2) is 60.8 Å². The number of hydrogen-bond acceptors (Lipinski definition) is 9. The molecule has 0 bridgehead atoms. The molecule has 1 fully saturated rings. The zero-order valence-electron chi connectivity index (χ0n) is 36.8. The van der Waals surface area contributed by atoms with Gasteiger partial charge in [-0.2, -0.15) is 0 Å². The van der Waals surface area contributed by atoms with Crippen molar-refractivity contribution in [1.82, 2.24) is 0 Å². The molecule has 0 aromatic rings. The van der Waals surface area contributed by atoms with Crippen LogP contribution in [0.5, 0.6) is 0 Å². The second-order valence-corrected chi connectivity index (χ2v) is 15.8. The van der Waals surface area contributed by atoms with Crippen molar-refractivity contribution in [2.24, 2.45) is 0 Å². The summed E-state index contributed by atoms with van der Waals surface area (Å²) in [7, 11) is 0. The summed E-state index contributed by atoms with van der Waals surface area (Å²) >= 11 is 0. The SMILES string of the molecule is CC/C=C\C/C=C\C/C=C\C/C=C\CCCCC(=O)OC(COCCCCCCCCCCCC/C=C\CCCCCCCC)COC1OC(CO)C(O)C(O)C1O. The molecule has 1 aliphatic rings. The molecule has 0 saturated carbocycles. The maximum absolute atomic E-state index is 12.8. The Kier molecular flexibility index (Phi) is 37.5. The zero-order chi connectivity index (χ0) is 42.2. The van der Waals surface area contributed by atoms with E-state index in [0.717, 1.165) is 51.4 Å². The van der Waals surface area contributed by atoms with E-state index < -0.39 is 43.4 Å². The minimum Gasteiger partial charge on any atom is -0.457 e. The second-order valence-electron chi connectivity index (χ2n) is 15.8. The molecule has 6 atom stereocenters. The predicted molar refractivity (Wildman–Crippen MR) is 238 cm³/mol. The molecule has 9 nitrogen and oxygen atoms in total. The minimum atomic E-state index is -1.55. The number of unbranched alkanes of at least 4 members (excludes halogenated alkanes) is 18. The highest BCUT2D eigenvalue weighted by molar-refractivity contribution is 5.69. The lowest BCUT2D eigenvalue weighted by Gasteiger charge is -2.39. The molecule has 1 saturated heterocycles. The maximum atomic E-state index is 12.8. The summed E-state index contributed by atoms with van der Waals surface area (Å²) in [6.45, 7) is 4.38. The van der Waals surface area contributed by atoms with Crippen LogP contribution < -0.4 is 0 Å². The van der Waals surface area contributed by atoms with Crippen LogP contribution in [0.3, 0.4) is 0 Å². The van der Waals surface area contributed by atoms with E-state index in [4.69, 9.17) is 18.9 Å². The molecule has 0 aromatic heterocycles. The molecule has 0 radical (unpaired) electrons. The Hall–Kier alpha value is -2.11. The van der Waals surface area contributed by atoms with Gasteiger partial charge < -0.3 is 39.4 Å². The second kappa shape index (κ2) is 40.3. The Morgan fingerprint density at radius 3 is 1.60 bits per heavy atom. The fourth-order valence-electron chi connectivity index (χ4n) is 6.77. The van der Waals surface area contributed by atoms with E-state index in [1.807, 2.05) is 0 Å². The normalized spacial score (nSPS) is 20.8. The summed E-state index contributed by atoms with van der Waals surface area (Å²) < 4.78 is 22.8. The van der Waals surface area contributed by atoms with Crippen molar-refractivity contribution in [1.29, 1.82) is 0 Å². The smallest absolute Gasteiger partial charge is 0.306 e. The van der Waals surface area contributed by atoms with Gasteiger partial charge in [0.1, 0.15) is 30.5 Å². The number of rotatable bonds is 39. The summed E-state index contributed by atoms with van der Waals surface area (Å²) in [5, 5.41) is 40.1. The van der Waals surface area contributed by atoms with Gasteiger partial charge in [0.15, 0.2) is 6.29 Å². The standard InChI is InChI=1S/C49H86O9/c1-3-5-7-9-11-13-15-17-19-20-21-22-23-25-27-29-31-33-35-37-39-55-41-43(42-56-49-48(54)47(53)46(52)44(40-50)58-49)57-45(51)38-36-34-32-30-28-26-24-18-16-14-12-10-8-6-4-2/h6,8,12,14,17-19,24,28,30,43-44,46-50,52-54H,3-5,7,9-11,13,15-16,20-23,25-27,29,31-42H2,1-2H3/b8-6-,14-12-,19-17-,24-18-,30-28-. The summed E-state index contributed by atoms with van der Waals surface area (Å²) in [5.41, 5.74) is 0. The third-order valence-corrected chi connectivity index (χ3v) is 10.4. The van der Waals surface area contributed by atoms with Crippen molar-refractivity contribution in [2.45, 2.75) is 218 Å². The van der Waals surface area contributed by atoms with Crippen LogP contribution in [0, 0.1) is 0 Å². The monoisotopic (exact) mass is 819 g/mol. The Morgan fingerprint density at radius 1 is 0.569 bits per heavy atom. The van der Waals surface area contributed by atoms with Crippen LogP contribution in [0.1, 0.15) is 181 Å². The average molecular weight is 819 g/mol. The van der Waals surface area contributed by atoms with E-state index in [0.29, 0.717) is 13.0 Å². The number of aliphatic hydroxyl groups is 4. The van der Waals surface area contributed by atoms with Gasteiger partial charge >= 0.3 is 5.97 Å². The van der Waals surface area contributed by atoms with Gasteiger partial charge in [-0.25, -0.2) is 0 Å². The van der Waals surface area contributed by atoms with Crippen molar-refractivity contribution in [3.8, 4) is 0 Å². The lowest BCUT2D eigenvalue weighted by Crippen LogP contribution is -2.59. The molecular weight excluding hydrogens is 733 g/mol. The van der Waals surface area contributed by atoms with Crippen molar-refractivity contribution in [3.63, 3.8) is 0 Å². The molecule has 0 spiro atoms. The lowest BCUT2D eigenvalue weighted by molar-refractivity contribution is -0.305. The Balaban J connectivity index is 2.26. The van der Waals surface area contributed by atoms with Gasteiger partial charge in [0.05, 0.1) is 19.8 Å². The van der Waals surface area contributed by atoms with Crippen molar-refractivity contribution < 1.29 is 44.2 Å². The Morgan fingerprint density at radius 2 is 1.05 bits per heavy atom. The van der Waals surface area contributed by atoms with Gasteiger partial charge in [-0.15, -0.1) is 0 Å². The van der Waals surface area contributed by atoms with E-state index >= 15 is 0 Å². The fourth-order valence-corrected chi connectivity index (χ4v) is 6.77. The number of ether oxygens (including phenoxy) is 4. The van der Waals surface area contributed by atoms with Crippen LogP contribution in [0.25, 0.3) is 0 Å². The molecule has 58 heavy (non-hydrogen) atoms. The maximum Gasteiger partial charge on any atom is 0.306 e. The highest BCUT2D eigenvalue weighted by Gasteiger charge is 2.44. The zero-order valence-corrected chi connectivity index (χ0v) is 36.8. The lowest BCUT2D eigenvalue weighted by atomic mass is 9.99. The highest BCUT2D eigenvalue weighted by atomic mass is 16.7. The Labute approximate surface area is 354 Å². The largest absolute Gasteiger partial charge is 0.457 e. The predicted octanol–water partition coefficient (Wildman–Crippen LogP) is 10.7. The van der Waals surface area contributed by atoms with Crippen molar-refractivity contribution in [2.75, 3.05) is 26.4 Å². The molecule has 1 heterocycles. The first-order chi connectivity index (χ1) is 28.4. The third kappa shape index (κ3) is 30.9. The first-order valence-electron chi connectivity index (χ1n) is 23.4. The number of aliphatic hydroxyl groups excluding tert-OH is 4. The summed E-state index contributed by atoms with van der Waals surface area (Å²) in [6, 6.07) is 0. The Bertz CT molecular complexity index is 1070. The number of allylic oxidation sites excluding steroid dienone is 10. The summed E-state index contributed by atoms with van der Waals surface area (Å²) in [4.78, 5) is 12.8. The first-order valence-corrected chi connectivity index (χ1v) is 23.4. The topological polar surface area (TPSA) is 135 Å². The number of carbonyl (C=O) groups excluding carboxylic acids is 1. The molecule has 1 rings (SSSR count). The van der Waals surface area contributed by atoms with Crippen LogP contribution in [0.4, 0.5) is 0 Å². The fraction of sp³-hybridized carbons (Fsp3) is 0.776. The molecule has 9 heteroatoms. The molecule has 6 unspecified atom stereocenters. The van der Waals surface area contributed by atoms with Gasteiger partial charge in [-0.3, -0.25) is 4.79 Å². The van der Waals surface area contributed by atoms with Gasteiger partial charge in [0.2, 0.25) is 0 Å². The molecule has 0 aromatic carbocycles. The molecule has 0 amide bonds. The minimum absolute atomic E-state index is 0.125. The molecule has 4 N–H and O–H groups in total. The van der Waals surface area contributed by atoms with Gasteiger partial charge in [0.25, 0.3) is 0 Å². The van der Waals surface area contributed by atoms with E-state index in [-0.39, 0.29) is 25.6 Å². The average Bonchev–Trinajstić information content (AvgIpc) is 3.22.